The number of likely N-dealkylation sites (N-methyl/N-ethyl adjacent to an activating group) is 1. The van der Waals surface area contributed by atoms with E-state index in [0.29, 0.717) is 23.9 Å². The molecule has 6 heteroatoms. The van der Waals surface area contributed by atoms with Crippen LogP contribution in [0.1, 0.15) is 57.8 Å². The molecule has 0 heterocycles. The summed E-state index contributed by atoms with van der Waals surface area (Å²) in [6.07, 6.45) is 8.23. The van der Waals surface area contributed by atoms with Crippen molar-refractivity contribution in [2.24, 2.45) is 0 Å². The summed E-state index contributed by atoms with van der Waals surface area (Å²) in [6, 6.07) is 0. The number of unbranched alkanes of at least 4 members (excludes halogenated alkanes) is 6. The van der Waals surface area contributed by atoms with Gasteiger partial charge in [0.25, 0.3) is 0 Å². The van der Waals surface area contributed by atoms with Crippen LogP contribution in [0.3, 0.4) is 0 Å². The minimum absolute atomic E-state index is 0.0750. The van der Waals surface area contributed by atoms with Crippen molar-refractivity contribution in [2.45, 2.75) is 57.8 Å². The molecule has 23 heavy (non-hydrogen) atoms. The first-order chi connectivity index (χ1) is 10.9. The van der Waals surface area contributed by atoms with Crippen molar-refractivity contribution < 1.29 is 23.6 Å². The lowest BCUT2D eigenvalue weighted by atomic mass is 10.1. The molecule has 0 aliphatic heterocycles. The van der Waals surface area contributed by atoms with Gasteiger partial charge in [-0.15, -0.1) is 0 Å². The van der Waals surface area contributed by atoms with Crippen LogP contribution in [-0.2, 0) is 9.59 Å². The molecule has 0 atom stereocenters. The average Bonchev–Trinajstić information content (AvgIpc) is 2.45. The largest absolute Gasteiger partial charge is 0.477 e. The van der Waals surface area contributed by atoms with E-state index in [2.05, 4.69) is 5.32 Å². The summed E-state index contributed by atoms with van der Waals surface area (Å²) in [6.45, 7) is 1.21. The molecule has 0 aromatic rings. The van der Waals surface area contributed by atoms with Crippen LogP contribution in [0.25, 0.3) is 0 Å². The number of hydrogen-bond acceptors (Lipinski definition) is 2. The van der Waals surface area contributed by atoms with E-state index in [0.717, 1.165) is 51.5 Å². The first kappa shape index (κ1) is 21.8. The Morgan fingerprint density at radius 1 is 0.957 bits per heavy atom. The van der Waals surface area contributed by atoms with Crippen molar-refractivity contribution in [1.29, 1.82) is 0 Å². The van der Waals surface area contributed by atoms with Crippen LogP contribution in [0, 0.1) is 0 Å². The Hall–Kier alpha value is -1.17. The lowest BCUT2D eigenvalue weighted by Gasteiger charge is -2.27. The van der Waals surface area contributed by atoms with Crippen LogP contribution in [0.4, 0.5) is 4.39 Å². The van der Waals surface area contributed by atoms with Crippen molar-refractivity contribution in [1.82, 2.24) is 5.32 Å². The van der Waals surface area contributed by atoms with Crippen molar-refractivity contribution in [3.05, 3.63) is 0 Å². The highest BCUT2D eigenvalue weighted by molar-refractivity contribution is 5.75. The van der Waals surface area contributed by atoms with Crippen LogP contribution in [-0.4, -0.2) is 61.9 Å². The molecule has 5 nitrogen and oxygen atoms in total. The van der Waals surface area contributed by atoms with E-state index in [9.17, 15) is 14.0 Å². The Bertz CT molecular complexity index is 336. The third-order valence-electron chi connectivity index (χ3n) is 3.86. The SMILES string of the molecule is C[N+](C)(CCCNC(=O)CCCCCCCCCF)CC(=O)O. The number of carboxylic acids is 1. The summed E-state index contributed by atoms with van der Waals surface area (Å²) in [5, 5.41) is 11.7. The van der Waals surface area contributed by atoms with E-state index in [1.807, 2.05) is 14.1 Å². The molecule has 0 bridgehead atoms. The van der Waals surface area contributed by atoms with E-state index < -0.39 is 5.97 Å². The van der Waals surface area contributed by atoms with Crippen LogP contribution in [0.15, 0.2) is 0 Å². The Morgan fingerprint density at radius 2 is 1.52 bits per heavy atom. The molecule has 0 aliphatic carbocycles. The van der Waals surface area contributed by atoms with Crippen LogP contribution in [0.5, 0.6) is 0 Å². The van der Waals surface area contributed by atoms with E-state index in [1.165, 1.54) is 0 Å². The number of hydrogen-bond donors (Lipinski definition) is 2. The van der Waals surface area contributed by atoms with Crippen molar-refractivity contribution in [3.63, 3.8) is 0 Å². The molecule has 0 saturated heterocycles. The molecule has 0 rings (SSSR count). The summed E-state index contributed by atoms with van der Waals surface area (Å²) >= 11 is 0. The number of alkyl halides is 1. The quantitative estimate of drug-likeness (QED) is 0.358. The Kier molecular flexibility index (Phi) is 12.6. The Morgan fingerprint density at radius 3 is 2.09 bits per heavy atom. The predicted octanol–water partition coefficient (Wildman–Crippen LogP) is 2.74. The van der Waals surface area contributed by atoms with Gasteiger partial charge >= 0.3 is 5.97 Å². The summed E-state index contributed by atoms with van der Waals surface area (Å²) in [5.41, 5.74) is 0. The first-order valence-corrected chi connectivity index (χ1v) is 8.74. The summed E-state index contributed by atoms with van der Waals surface area (Å²) in [5.74, 6) is -0.727. The normalized spacial score (nSPS) is 11.4. The molecule has 136 valence electrons. The Labute approximate surface area is 139 Å². The maximum Gasteiger partial charge on any atom is 0.359 e. The topological polar surface area (TPSA) is 66.4 Å². The lowest BCUT2D eigenvalue weighted by molar-refractivity contribution is -0.883. The van der Waals surface area contributed by atoms with Gasteiger partial charge in [0.2, 0.25) is 5.91 Å². The van der Waals surface area contributed by atoms with Crippen molar-refractivity contribution in [2.75, 3.05) is 40.4 Å². The third kappa shape index (κ3) is 15.5. The third-order valence-corrected chi connectivity index (χ3v) is 3.86. The van der Waals surface area contributed by atoms with Gasteiger partial charge in [-0.2, -0.15) is 0 Å². The van der Waals surface area contributed by atoms with E-state index in [-0.39, 0.29) is 19.1 Å². The van der Waals surface area contributed by atoms with Gasteiger partial charge in [-0.3, -0.25) is 9.18 Å². The number of aliphatic carboxylic acids is 1. The summed E-state index contributed by atoms with van der Waals surface area (Å²) in [7, 11) is 3.76. The number of amides is 1. The van der Waals surface area contributed by atoms with Gasteiger partial charge < -0.3 is 14.9 Å². The maximum atomic E-state index is 11.9. The molecule has 0 aromatic heterocycles. The molecule has 2 N–H and O–H groups in total. The summed E-state index contributed by atoms with van der Waals surface area (Å²) in [4.78, 5) is 22.4. The number of nitrogens with zero attached hydrogens (tertiary/aromatic N) is 1. The second-order valence-electron chi connectivity index (χ2n) is 6.83. The standard InChI is InChI=1S/C17H33FN2O3/c1-20(2,15-17(22)23)14-10-13-19-16(21)11-8-6-4-3-5-7-9-12-18/h3-15H2,1-2H3,(H-,19,21,22,23)/p+1. The number of quaternary nitrogens is 1. The molecule has 0 aliphatic rings. The minimum Gasteiger partial charge on any atom is -0.477 e. The number of rotatable bonds is 15. The smallest absolute Gasteiger partial charge is 0.359 e. The van der Waals surface area contributed by atoms with Gasteiger partial charge in [0, 0.05) is 19.4 Å². The van der Waals surface area contributed by atoms with E-state index >= 15 is 0 Å². The monoisotopic (exact) mass is 333 g/mol. The number of carboxylic acid groups (broad SMARTS) is 1. The number of carbonyl (C=O) groups is 2. The van der Waals surface area contributed by atoms with Gasteiger partial charge in [0.05, 0.1) is 27.3 Å². The molecule has 0 fully saturated rings. The number of nitrogens with one attached hydrogen (secondary N) is 1. The maximum absolute atomic E-state index is 11.9. The van der Waals surface area contributed by atoms with Crippen LogP contribution in [0.2, 0.25) is 0 Å². The molecule has 0 saturated carbocycles. The van der Waals surface area contributed by atoms with Crippen LogP contribution >= 0.6 is 0 Å². The van der Waals surface area contributed by atoms with Crippen molar-refractivity contribution >= 4 is 11.9 Å². The first-order valence-electron chi connectivity index (χ1n) is 8.74. The Balaban J connectivity index is 3.45. The van der Waals surface area contributed by atoms with Gasteiger partial charge in [0.1, 0.15) is 0 Å². The van der Waals surface area contributed by atoms with Crippen LogP contribution < -0.4 is 5.32 Å². The molecule has 0 aromatic carbocycles. The lowest BCUT2D eigenvalue weighted by Crippen LogP contribution is -2.45. The minimum atomic E-state index is -0.802. The zero-order chi connectivity index (χ0) is 17.6. The van der Waals surface area contributed by atoms with Gasteiger partial charge in [-0.05, 0) is 12.8 Å². The second kappa shape index (κ2) is 13.3. The van der Waals surface area contributed by atoms with Crippen molar-refractivity contribution in [3.8, 4) is 0 Å². The predicted molar refractivity (Wildman–Crippen MR) is 90.0 cm³/mol. The van der Waals surface area contributed by atoms with Gasteiger partial charge in [-0.25, -0.2) is 4.79 Å². The van der Waals surface area contributed by atoms with Gasteiger partial charge in [0.15, 0.2) is 6.54 Å². The fourth-order valence-corrected chi connectivity index (χ4v) is 2.53. The number of carbonyl (C=O) groups excluding carboxylic acids is 1. The highest BCUT2D eigenvalue weighted by Gasteiger charge is 2.18. The molecule has 0 spiro atoms. The molecule has 0 radical (unpaired) electrons. The zero-order valence-corrected chi connectivity index (χ0v) is 14.8. The highest BCUT2D eigenvalue weighted by atomic mass is 19.1. The van der Waals surface area contributed by atoms with Gasteiger partial charge in [-0.1, -0.05) is 32.1 Å². The molecule has 0 unspecified atom stereocenters. The molecular formula is C17H34FN2O3+. The average molecular weight is 333 g/mol. The fourth-order valence-electron chi connectivity index (χ4n) is 2.53. The molecular weight excluding hydrogens is 299 g/mol. The van der Waals surface area contributed by atoms with E-state index in [1.54, 1.807) is 0 Å². The zero-order valence-electron chi connectivity index (χ0n) is 14.8. The summed E-state index contributed by atoms with van der Waals surface area (Å²) < 4.78 is 12.3. The molecule has 1 amide bonds. The second-order valence-corrected chi connectivity index (χ2v) is 6.83. The fraction of sp³-hybridized carbons (Fsp3) is 0.882. The number of halogens is 1. The van der Waals surface area contributed by atoms with E-state index in [4.69, 9.17) is 5.11 Å². The highest BCUT2D eigenvalue weighted by Crippen LogP contribution is 2.08.